The zero-order chi connectivity index (χ0) is 19.1. The molecule has 1 heterocycles. The van der Waals surface area contributed by atoms with E-state index >= 15 is 0 Å². The van der Waals surface area contributed by atoms with Crippen LogP contribution >= 0.6 is 0 Å². The van der Waals surface area contributed by atoms with Crippen molar-refractivity contribution in [2.45, 2.75) is 38.1 Å². The number of Topliss-reactive ketones (excluding diaryl/α,β-unsaturated/α-hetero) is 1. The molecule has 2 aromatic rings. The predicted molar refractivity (Wildman–Crippen MR) is 107 cm³/mol. The third kappa shape index (κ3) is 5.18. The van der Waals surface area contributed by atoms with Crippen molar-refractivity contribution in [2.75, 3.05) is 13.7 Å². The molecule has 2 aromatic carbocycles. The van der Waals surface area contributed by atoms with Crippen molar-refractivity contribution in [3.63, 3.8) is 0 Å². The number of benzene rings is 2. The van der Waals surface area contributed by atoms with Crippen LogP contribution in [0.5, 0.6) is 5.75 Å². The van der Waals surface area contributed by atoms with E-state index in [9.17, 15) is 10.1 Å². The Kier molecular flexibility index (Phi) is 6.62. The average Bonchev–Trinajstić information content (AvgIpc) is 2.74. The van der Waals surface area contributed by atoms with Crippen LogP contribution < -0.4 is 10.1 Å². The van der Waals surface area contributed by atoms with E-state index in [-0.39, 0.29) is 17.7 Å². The van der Waals surface area contributed by atoms with Gasteiger partial charge in [0.25, 0.3) is 0 Å². The van der Waals surface area contributed by atoms with Crippen molar-refractivity contribution >= 4 is 5.78 Å². The van der Waals surface area contributed by atoms with Gasteiger partial charge in [-0.05, 0) is 54.6 Å². The van der Waals surface area contributed by atoms with Gasteiger partial charge in [-0.15, -0.1) is 0 Å². The molecule has 0 unspecified atom stereocenters. The topological polar surface area (TPSA) is 62.1 Å². The lowest BCUT2D eigenvalue weighted by Gasteiger charge is -2.23. The number of nitrogens with zero attached hydrogens (tertiary/aromatic N) is 1. The number of carbonyl (C=O) groups excluding carboxylic acids is 1. The minimum atomic E-state index is -0.274. The van der Waals surface area contributed by atoms with Crippen LogP contribution in [0.3, 0.4) is 0 Å². The van der Waals surface area contributed by atoms with Crippen LogP contribution in [0, 0.1) is 17.2 Å². The van der Waals surface area contributed by atoms with E-state index in [0.717, 1.165) is 48.2 Å². The maximum Gasteiger partial charge on any atom is 0.151 e. The van der Waals surface area contributed by atoms with E-state index in [0.29, 0.717) is 12.8 Å². The van der Waals surface area contributed by atoms with Crippen LogP contribution in [-0.4, -0.2) is 25.5 Å². The third-order valence-electron chi connectivity index (χ3n) is 5.17. The highest BCUT2D eigenvalue weighted by Crippen LogP contribution is 2.25. The average molecular weight is 362 g/mol. The van der Waals surface area contributed by atoms with Gasteiger partial charge in [-0.3, -0.25) is 4.79 Å². The Bertz CT molecular complexity index is 802. The van der Waals surface area contributed by atoms with Crippen LogP contribution in [0.1, 0.15) is 31.2 Å². The van der Waals surface area contributed by atoms with Crippen molar-refractivity contribution in [3.8, 4) is 22.9 Å². The van der Waals surface area contributed by atoms with E-state index in [1.807, 2.05) is 36.4 Å². The molecular weight excluding hydrogens is 336 g/mol. The lowest BCUT2D eigenvalue weighted by atomic mass is 9.90. The number of nitrogens with one attached hydrogen (secondary N) is 1. The summed E-state index contributed by atoms with van der Waals surface area (Å²) in [6, 6.07) is 18.4. The van der Waals surface area contributed by atoms with Crippen molar-refractivity contribution in [3.05, 3.63) is 54.1 Å². The molecule has 3 rings (SSSR count). The standard InChI is InChI=1S/C23H26N2O2/c1-27-21-6-4-5-20(15-21)19-10-8-17(9-11-19)13-18(16-24)14-23(26)22-7-2-3-12-25-22/h4-6,8-11,15,18,22,25H,2-3,7,12-14H2,1H3/t18-,22+/m1/s1. The van der Waals surface area contributed by atoms with Crippen molar-refractivity contribution in [1.29, 1.82) is 5.26 Å². The molecule has 27 heavy (non-hydrogen) atoms. The second kappa shape index (κ2) is 9.34. The number of ketones is 1. The lowest BCUT2D eigenvalue weighted by Crippen LogP contribution is -2.41. The molecule has 4 heteroatoms. The molecule has 0 radical (unpaired) electrons. The Morgan fingerprint density at radius 3 is 2.70 bits per heavy atom. The second-order valence-corrected chi connectivity index (χ2v) is 7.13. The normalized spacial score (nSPS) is 17.7. The summed E-state index contributed by atoms with van der Waals surface area (Å²) in [6.07, 6.45) is 4.04. The Balaban J connectivity index is 1.62. The SMILES string of the molecule is COc1cccc(-c2ccc(C[C@@H](C#N)CC(=O)[C@@H]3CCCCN3)cc2)c1. The molecule has 0 aliphatic carbocycles. The molecule has 1 fully saturated rings. The summed E-state index contributed by atoms with van der Waals surface area (Å²) in [5, 5.41) is 12.8. The molecule has 1 saturated heterocycles. The first-order valence-electron chi connectivity index (χ1n) is 9.58. The number of methoxy groups -OCH3 is 1. The van der Waals surface area contributed by atoms with E-state index in [1.165, 1.54) is 0 Å². The van der Waals surface area contributed by atoms with Gasteiger partial charge in [0.1, 0.15) is 5.75 Å². The first-order chi connectivity index (χ1) is 13.2. The van der Waals surface area contributed by atoms with Gasteiger partial charge in [0.15, 0.2) is 5.78 Å². The summed E-state index contributed by atoms with van der Waals surface area (Å²) in [5.74, 6) is 0.731. The van der Waals surface area contributed by atoms with Crippen LogP contribution in [0.25, 0.3) is 11.1 Å². The number of ether oxygens (including phenoxy) is 1. The van der Waals surface area contributed by atoms with E-state index < -0.39 is 0 Å². The third-order valence-corrected chi connectivity index (χ3v) is 5.17. The fourth-order valence-electron chi connectivity index (χ4n) is 3.60. The van der Waals surface area contributed by atoms with E-state index in [1.54, 1.807) is 7.11 Å². The minimum absolute atomic E-state index is 0.0648. The van der Waals surface area contributed by atoms with Gasteiger partial charge >= 0.3 is 0 Å². The fraction of sp³-hybridized carbons (Fsp3) is 0.391. The quantitative estimate of drug-likeness (QED) is 0.804. The summed E-state index contributed by atoms with van der Waals surface area (Å²) in [6.45, 7) is 0.902. The number of rotatable bonds is 7. The first-order valence-corrected chi connectivity index (χ1v) is 9.58. The maximum absolute atomic E-state index is 12.4. The van der Waals surface area contributed by atoms with E-state index in [2.05, 4.69) is 23.5 Å². The van der Waals surface area contributed by atoms with Gasteiger partial charge in [-0.2, -0.15) is 5.26 Å². The summed E-state index contributed by atoms with van der Waals surface area (Å²) in [5.41, 5.74) is 3.28. The molecule has 0 spiro atoms. The molecule has 0 aromatic heterocycles. The molecule has 1 aliphatic rings. The molecule has 1 N–H and O–H groups in total. The first kappa shape index (κ1) is 19.1. The maximum atomic E-state index is 12.4. The van der Waals surface area contributed by atoms with E-state index in [4.69, 9.17) is 4.74 Å². The Hall–Kier alpha value is -2.64. The molecule has 0 amide bonds. The molecule has 2 atom stereocenters. The van der Waals surface area contributed by atoms with Gasteiger partial charge < -0.3 is 10.1 Å². The largest absolute Gasteiger partial charge is 0.497 e. The Morgan fingerprint density at radius 1 is 1.22 bits per heavy atom. The number of hydrogen-bond donors (Lipinski definition) is 1. The number of piperidine rings is 1. The highest BCUT2D eigenvalue weighted by Gasteiger charge is 2.23. The summed E-state index contributed by atoms with van der Waals surface area (Å²) in [7, 11) is 1.66. The summed E-state index contributed by atoms with van der Waals surface area (Å²) < 4.78 is 5.28. The molecule has 0 saturated carbocycles. The number of hydrogen-bond acceptors (Lipinski definition) is 4. The second-order valence-electron chi connectivity index (χ2n) is 7.13. The molecule has 1 aliphatic heterocycles. The molecular formula is C23H26N2O2. The molecule has 4 nitrogen and oxygen atoms in total. The number of nitriles is 1. The zero-order valence-corrected chi connectivity index (χ0v) is 15.8. The van der Waals surface area contributed by atoms with Crippen molar-refractivity contribution in [1.82, 2.24) is 5.32 Å². The smallest absolute Gasteiger partial charge is 0.151 e. The monoisotopic (exact) mass is 362 g/mol. The molecule has 140 valence electrons. The molecule has 0 bridgehead atoms. The van der Waals surface area contributed by atoms with Crippen LogP contribution in [0.4, 0.5) is 0 Å². The number of carbonyl (C=O) groups is 1. The van der Waals surface area contributed by atoms with Gasteiger partial charge in [-0.1, -0.05) is 42.8 Å². The Morgan fingerprint density at radius 2 is 2.04 bits per heavy atom. The Labute approximate surface area is 161 Å². The van der Waals surface area contributed by atoms with Crippen LogP contribution in [-0.2, 0) is 11.2 Å². The predicted octanol–water partition coefficient (Wildman–Crippen LogP) is 4.15. The summed E-state index contributed by atoms with van der Waals surface area (Å²) in [4.78, 5) is 12.4. The van der Waals surface area contributed by atoms with Gasteiger partial charge in [0.2, 0.25) is 0 Å². The lowest BCUT2D eigenvalue weighted by molar-refractivity contribution is -0.122. The van der Waals surface area contributed by atoms with Crippen molar-refractivity contribution < 1.29 is 9.53 Å². The minimum Gasteiger partial charge on any atom is -0.497 e. The van der Waals surface area contributed by atoms with Gasteiger partial charge in [0.05, 0.1) is 25.1 Å². The fourth-order valence-corrected chi connectivity index (χ4v) is 3.60. The highest BCUT2D eigenvalue weighted by atomic mass is 16.5. The van der Waals surface area contributed by atoms with Gasteiger partial charge in [0, 0.05) is 6.42 Å². The van der Waals surface area contributed by atoms with Crippen molar-refractivity contribution in [2.24, 2.45) is 5.92 Å². The zero-order valence-electron chi connectivity index (χ0n) is 15.8. The van der Waals surface area contributed by atoms with Crippen LogP contribution in [0.2, 0.25) is 0 Å². The van der Waals surface area contributed by atoms with Crippen LogP contribution in [0.15, 0.2) is 48.5 Å². The summed E-state index contributed by atoms with van der Waals surface area (Å²) >= 11 is 0. The highest BCUT2D eigenvalue weighted by molar-refractivity contribution is 5.84. The van der Waals surface area contributed by atoms with Gasteiger partial charge in [-0.25, -0.2) is 0 Å².